The van der Waals surface area contributed by atoms with Gasteiger partial charge in [-0.15, -0.1) is 0 Å². The predicted molar refractivity (Wildman–Crippen MR) is 99.8 cm³/mol. The van der Waals surface area contributed by atoms with E-state index >= 15 is 0 Å². The maximum absolute atomic E-state index is 13.7. The predicted octanol–water partition coefficient (Wildman–Crippen LogP) is 3.28. The van der Waals surface area contributed by atoms with E-state index in [0.717, 1.165) is 18.4 Å². The lowest BCUT2D eigenvalue weighted by atomic mass is 9.63. The maximum Gasteiger partial charge on any atom is 0.373 e. The standard InChI is InChI=1S/C22H22O6/c1-3-26-20(25)18-12-17(15-8-9-15)22(21(28-18)27-13(2)23)11-10-14-6-4-5-7-16(14)19(22)24/h4-7,10-12,15,17,21H,3,8-9H2,1-2H3/t17-,21?,22+/m0/s1. The number of Topliss-reactive ketones (excluding diaryl/α,β-unsaturated/α-hetero) is 1. The largest absolute Gasteiger partial charge is 0.460 e. The Kier molecular flexibility index (Phi) is 4.57. The first-order valence-corrected chi connectivity index (χ1v) is 9.53. The van der Waals surface area contributed by atoms with Crippen LogP contribution in [-0.4, -0.2) is 30.6 Å². The second-order valence-corrected chi connectivity index (χ2v) is 7.36. The first kappa shape index (κ1) is 18.5. The van der Waals surface area contributed by atoms with Crippen LogP contribution in [0, 0.1) is 17.3 Å². The van der Waals surface area contributed by atoms with Crippen LogP contribution in [0.1, 0.15) is 42.6 Å². The maximum atomic E-state index is 13.7. The zero-order valence-corrected chi connectivity index (χ0v) is 15.8. The van der Waals surface area contributed by atoms with Gasteiger partial charge in [-0.1, -0.05) is 36.4 Å². The highest BCUT2D eigenvalue weighted by molar-refractivity contribution is 6.08. The Morgan fingerprint density at radius 2 is 2.00 bits per heavy atom. The molecule has 0 aromatic heterocycles. The summed E-state index contributed by atoms with van der Waals surface area (Å²) in [6.45, 7) is 3.16. The Balaban J connectivity index is 1.84. The van der Waals surface area contributed by atoms with E-state index in [-0.39, 0.29) is 30.0 Å². The summed E-state index contributed by atoms with van der Waals surface area (Å²) in [5, 5.41) is 0. The lowest BCUT2D eigenvalue weighted by Gasteiger charge is -2.45. The molecule has 1 aromatic carbocycles. The molecule has 3 aliphatic rings. The first-order chi connectivity index (χ1) is 13.5. The second kappa shape index (κ2) is 6.93. The number of rotatable bonds is 4. The van der Waals surface area contributed by atoms with Crippen molar-refractivity contribution in [3.8, 4) is 0 Å². The van der Waals surface area contributed by atoms with Crippen molar-refractivity contribution in [1.82, 2.24) is 0 Å². The van der Waals surface area contributed by atoms with Crippen LogP contribution in [-0.2, 0) is 23.8 Å². The van der Waals surface area contributed by atoms with Crippen molar-refractivity contribution < 1.29 is 28.6 Å². The molecule has 0 N–H and O–H groups in total. The third kappa shape index (κ3) is 2.93. The molecule has 4 rings (SSSR count). The smallest absolute Gasteiger partial charge is 0.373 e. The van der Waals surface area contributed by atoms with Crippen molar-refractivity contribution in [2.75, 3.05) is 6.61 Å². The van der Waals surface area contributed by atoms with Crippen LogP contribution in [0.15, 0.2) is 42.2 Å². The summed E-state index contributed by atoms with van der Waals surface area (Å²) in [4.78, 5) is 37.8. The molecule has 0 radical (unpaired) electrons. The summed E-state index contributed by atoms with van der Waals surface area (Å²) in [5.74, 6) is -1.46. The van der Waals surface area contributed by atoms with E-state index in [1.807, 2.05) is 18.2 Å². The summed E-state index contributed by atoms with van der Waals surface area (Å²) in [6.07, 6.45) is 5.99. The number of hydrogen-bond acceptors (Lipinski definition) is 6. The highest BCUT2D eigenvalue weighted by atomic mass is 16.7. The Hall–Kier alpha value is -2.89. The molecule has 2 aliphatic carbocycles. The minimum absolute atomic E-state index is 0.00400. The second-order valence-electron chi connectivity index (χ2n) is 7.36. The first-order valence-electron chi connectivity index (χ1n) is 9.53. The van der Waals surface area contributed by atoms with Crippen molar-refractivity contribution in [2.24, 2.45) is 17.3 Å². The van der Waals surface area contributed by atoms with Crippen LogP contribution >= 0.6 is 0 Å². The van der Waals surface area contributed by atoms with Gasteiger partial charge < -0.3 is 14.2 Å². The Morgan fingerprint density at radius 3 is 2.68 bits per heavy atom. The SMILES string of the molecule is CCOC(=O)C1=C[C@@H](C2CC2)[C@@]2(C=Cc3ccccc3C2=O)C(OC(C)=O)O1. The van der Waals surface area contributed by atoms with Crippen molar-refractivity contribution in [2.45, 2.75) is 33.0 Å². The van der Waals surface area contributed by atoms with Crippen molar-refractivity contribution >= 4 is 23.8 Å². The molecule has 0 bridgehead atoms. The molecule has 146 valence electrons. The lowest BCUT2D eigenvalue weighted by Crippen LogP contribution is -2.53. The van der Waals surface area contributed by atoms with Gasteiger partial charge in [0.05, 0.1) is 6.61 Å². The summed E-state index contributed by atoms with van der Waals surface area (Å²) in [7, 11) is 0. The minimum atomic E-state index is -1.22. The molecule has 6 nitrogen and oxygen atoms in total. The molecular weight excluding hydrogens is 360 g/mol. The molecule has 6 heteroatoms. The molecule has 1 spiro atoms. The molecule has 1 unspecified atom stereocenters. The topological polar surface area (TPSA) is 78.9 Å². The van der Waals surface area contributed by atoms with E-state index in [1.54, 1.807) is 31.2 Å². The highest BCUT2D eigenvalue weighted by Crippen LogP contribution is 2.55. The molecular formula is C22H22O6. The zero-order valence-electron chi connectivity index (χ0n) is 15.8. The molecule has 0 amide bonds. The van der Waals surface area contributed by atoms with Gasteiger partial charge in [0.15, 0.2) is 5.78 Å². The number of ketones is 1. The average Bonchev–Trinajstić information content (AvgIpc) is 3.51. The third-order valence-corrected chi connectivity index (χ3v) is 5.52. The number of benzene rings is 1. The monoisotopic (exact) mass is 382 g/mol. The van der Waals surface area contributed by atoms with Crippen molar-refractivity contribution in [1.29, 1.82) is 0 Å². The molecule has 1 heterocycles. The van der Waals surface area contributed by atoms with Gasteiger partial charge in [0.1, 0.15) is 5.41 Å². The van der Waals surface area contributed by atoms with Crippen molar-refractivity contribution in [3.63, 3.8) is 0 Å². The van der Waals surface area contributed by atoms with Crippen LogP contribution in [0.5, 0.6) is 0 Å². The number of allylic oxidation sites excluding steroid dienone is 1. The van der Waals surface area contributed by atoms with Crippen molar-refractivity contribution in [3.05, 3.63) is 53.3 Å². The van der Waals surface area contributed by atoms with Gasteiger partial charge >= 0.3 is 11.9 Å². The number of carbonyl (C=O) groups excluding carboxylic acids is 3. The van der Waals surface area contributed by atoms with Gasteiger partial charge in [0.2, 0.25) is 5.76 Å². The van der Waals surface area contributed by atoms with Crippen LogP contribution in [0.2, 0.25) is 0 Å². The number of hydrogen-bond donors (Lipinski definition) is 0. The van der Waals surface area contributed by atoms with Crippen LogP contribution in [0.4, 0.5) is 0 Å². The van der Waals surface area contributed by atoms with Gasteiger partial charge in [-0.05, 0) is 37.3 Å². The van der Waals surface area contributed by atoms with E-state index in [1.165, 1.54) is 6.92 Å². The molecule has 1 aliphatic heterocycles. The number of fused-ring (bicyclic) bond motifs is 1. The number of carbonyl (C=O) groups is 3. The van der Waals surface area contributed by atoms with E-state index in [2.05, 4.69) is 0 Å². The number of ether oxygens (including phenoxy) is 3. The van der Waals surface area contributed by atoms with E-state index in [4.69, 9.17) is 14.2 Å². The van der Waals surface area contributed by atoms with E-state index in [0.29, 0.717) is 5.56 Å². The molecule has 1 saturated carbocycles. The summed E-state index contributed by atoms with van der Waals surface area (Å²) in [5.41, 5.74) is 0.177. The Bertz CT molecular complexity index is 894. The van der Waals surface area contributed by atoms with Crippen LogP contribution in [0.3, 0.4) is 0 Å². The third-order valence-electron chi connectivity index (χ3n) is 5.52. The zero-order chi connectivity index (χ0) is 19.9. The van der Waals surface area contributed by atoms with E-state index in [9.17, 15) is 14.4 Å². The highest BCUT2D eigenvalue weighted by Gasteiger charge is 2.60. The summed E-state index contributed by atoms with van der Waals surface area (Å²) >= 11 is 0. The van der Waals surface area contributed by atoms with Gasteiger partial charge in [-0.25, -0.2) is 4.79 Å². The Labute approximate surface area is 163 Å². The fourth-order valence-electron chi connectivity index (χ4n) is 4.12. The van der Waals surface area contributed by atoms with Gasteiger partial charge in [0, 0.05) is 18.4 Å². The summed E-state index contributed by atoms with van der Waals surface area (Å²) < 4.78 is 16.3. The normalized spacial score (nSPS) is 28.2. The average molecular weight is 382 g/mol. The van der Waals surface area contributed by atoms with Gasteiger partial charge in [0.25, 0.3) is 6.29 Å². The fraction of sp³-hybridized carbons (Fsp3) is 0.409. The van der Waals surface area contributed by atoms with Crippen LogP contribution < -0.4 is 0 Å². The molecule has 1 aromatic rings. The Morgan fingerprint density at radius 1 is 1.25 bits per heavy atom. The van der Waals surface area contributed by atoms with Gasteiger partial charge in [-0.3, -0.25) is 9.59 Å². The van der Waals surface area contributed by atoms with Gasteiger partial charge in [-0.2, -0.15) is 0 Å². The lowest BCUT2D eigenvalue weighted by molar-refractivity contribution is -0.198. The van der Waals surface area contributed by atoms with E-state index < -0.39 is 23.6 Å². The molecule has 3 atom stereocenters. The quantitative estimate of drug-likeness (QED) is 0.744. The molecule has 0 saturated heterocycles. The fourth-order valence-corrected chi connectivity index (χ4v) is 4.12. The number of esters is 2. The molecule has 1 fully saturated rings. The molecule has 28 heavy (non-hydrogen) atoms. The summed E-state index contributed by atoms with van der Waals surface area (Å²) in [6, 6.07) is 7.31. The minimum Gasteiger partial charge on any atom is -0.460 e. The van der Waals surface area contributed by atoms with Crippen LogP contribution in [0.25, 0.3) is 6.08 Å².